The molecule has 15 heteroatoms. The molecule has 1 atom stereocenters. The Hall–Kier alpha value is -5.57. The molecule has 0 bridgehead atoms. The molecule has 0 spiro atoms. The van der Waals surface area contributed by atoms with Gasteiger partial charge in [0, 0.05) is 11.8 Å². The van der Waals surface area contributed by atoms with E-state index in [1.165, 1.54) is 42.9 Å². The number of hydrogen-bond donors (Lipinski definition) is 0. The Balaban J connectivity index is 1.68. The van der Waals surface area contributed by atoms with Crippen molar-refractivity contribution in [2.75, 3.05) is 13.7 Å². The molecule has 4 aromatic rings. The zero-order chi connectivity index (χ0) is 31.5. The van der Waals surface area contributed by atoms with E-state index in [0.717, 1.165) is 23.0 Å². The lowest BCUT2D eigenvalue weighted by atomic mass is 9.94. The van der Waals surface area contributed by atoms with Crippen LogP contribution < -0.4 is 24.4 Å². The van der Waals surface area contributed by atoms with Crippen molar-refractivity contribution in [1.82, 2.24) is 4.57 Å². The SMILES string of the molecule is CCOC(=O)C1=C(C)n2c(s/c(=C/c3ccc([N+](=O)[O-])o3)c2=O)=N[C@@H]1c1cc(OC)c(OCc2ccccc2)cc1[N+](=O)[O-]. The van der Waals surface area contributed by atoms with Crippen molar-refractivity contribution in [3.8, 4) is 11.5 Å². The van der Waals surface area contributed by atoms with Gasteiger partial charge < -0.3 is 18.6 Å². The van der Waals surface area contributed by atoms with Gasteiger partial charge in [0.1, 0.15) is 27.9 Å². The number of nitrogens with zero attached hydrogens (tertiary/aromatic N) is 4. The number of aromatic nitrogens is 1. The topological polar surface area (TPSA) is 179 Å². The number of carbonyl (C=O) groups excluding carboxylic acids is 1. The summed E-state index contributed by atoms with van der Waals surface area (Å²) < 4.78 is 23.1. The van der Waals surface area contributed by atoms with Crippen molar-refractivity contribution in [2.45, 2.75) is 26.5 Å². The first kappa shape index (κ1) is 29.9. The normalized spacial score (nSPS) is 14.5. The molecule has 5 rings (SSSR count). The summed E-state index contributed by atoms with van der Waals surface area (Å²) >= 11 is 0.923. The van der Waals surface area contributed by atoms with Gasteiger partial charge in [0.25, 0.3) is 11.2 Å². The lowest BCUT2D eigenvalue weighted by Gasteiger charge is -2.23. The molecule has 0 amide bonds. The fourth-order valence-electron chi connectivity index (χ4n) is 4.64. The predicted octanol–water partition coefficient (Wildman–Crippen LogP) is 3.90. The molecule has 44 heavy (non-hydrogen) atoms. The first-order valence-corrected chi connectivity index (χ1v) is 13.9. The minimum Gasteiger partial charge on any atom is -0.493 e. The van der Waals surface area contributed by atoms with Crippen LogP contribution in [0, 0.1) is 20.2 Å². The summed E-state index contributed by atoms with van der Waals surface area (Å²) in [5.41, 5.74) is -0.0359. The molecule has 3 heterocycles. The van der Waals surface area contributed by atoms with Gasteiger partial charge in [-0.25, -0.2) is 9.79 Å². The van der Waals surface area contributed by atoms with Crippen LogP contribution in [-0.2, 0) is 16.1 Å². The van der Waals surface area contributed by atoms with Crippen molar-refractivity contribution < 1.29 is 33.3 Å². The van der Waals surface area contributed by atoms with Crippen LogP contribution in [0.1, 0.15) is 36.8 Å². The van der Waals surface area contributed by atoms with E-state index >= 15 is 0 Å². The van der Waals surface area contributed by atoms with Crippen LogP contribution in [0.15, 0.2) is 74.4 Å². The number of methoxy groups -OCH3 is 1. The third-order valence-electron chi connectivity index (χ3n) is 6.65. The lowest BCUT2D eigenvalue weighted by molar-refractivity contribution is -0.402. The highest BCUT2D eigenvalue weighted by atomic mass is 32.1. The maximum Gasteiger partial charge on any atom is 0.433 e. The van der Waals surface area contributed by atoms with E-state index in [9.17, 15) is 29.8 Å². The van der Waals surface area contributed by atoms with Gasteiger partial charge in [-0.2, -0.15) is 0 Å². The molecule has 226 valence electrons. The summed E-state index contributed by atoms with van der Waals surface area (Å²) in [4.78, 5) is 53.5. The van der Waals surface area contributed by atoms with Gasteiger partial charge in [-0.3, -0.25) is 29.6 Å². The summed E-state index contributed by atoms with van der Waals surface area (Å²) in [6.07, 6.45) is 1.32. The molecule has 1 aliphatic rings. The lowest BCUT2D eigenvalue weighted by Crippen LogP contribution is -2.35. The highest BCUT2D eigenvalue weighted by Crippen LogP contribution is 2.43. The summed E-state index contributed by atoms with van der Waals surface area (Å²) in [6, 6.07) is 13.1. The minimum absolute atomic E-state index is 0.00169. The van der Waals surface area contributed by atoms with Crippen LogP contribution in [0.25, 0.3) is 11.8 Å². The highest BCUT2D eigenvalue weighted by molar-refractivity contribution is 7.07. The average Bonchev–Trinajstić information content (AvgIpc) is 3.60. The maximum atomic E-state index is 13.4. The van der Waals surface area contributed by atoms with E-state index in [2.05, 4.69) is 4.99 Å². The molecule has 0 unspecified atom stereocenters. The molecule has 0 radical (unpaired) electrons. The number of allylic oxidation sites excluding steroid dienone is 1. The number of carbonyl (C=O) groups is 1. The van der Waals surface area contributed by atoms with Crippen LogP contribution in [0.3, 0.4) is 0 Å². The van der Waals surface area contributed by atoms with E-state index in [0.29, 0.717) is 0 Å². The summed E-state index contributed by atoms with van der Waals surface area (Å²) in [6.45, 7) is 3.23. The van der Waals surface area contributed by atoms with Gasteiger partial charge in [-0.15, -0.1) is 0 Å². The van der Waals surface area contributed by atoms with Crippen molar-refractivity contribution in [3.63, 3.8) is 0 Å². The number of hydrogen-bond acceptors (Lipinski definition) is 12. The number of nitro benzene ring substituents is 1. The third-order valence-corrected chi connectivity index (χ3v) is 7.63. The number of nitro groups is 2. The fraction of sp³-hybridized carbons (Fsp3) is 0.207. The largest absolute Gasteiger partial charge is 0.493 e. The van der Waals surface area contributed by atoms with Crippen LogP contribution >= 0.6 is 11.3 Å². The van der Waals surface area contributed by atoms with E-state index in [4.69, 9.17) is 18.6 Å². The Labute approximate surface area is 252 Å². The second kappa shape index (κ2) is 12.3. The fourth-order valence-corrected chi connectivity index (χ4v) is 5.66. The Bertz CT molecular complexity index is 1990. The molecule has 0 aliphatic carbocycles. The molecule has 2 aromatic heterocycles. The van der Waals surface area contributed by atoms with Crippen molar-refractivity contribution in [3.05, 3.63) is 117 Å². The molecular weight excluding hydrogens is 596 g/mol. The van der Waals surface area contributed by atoms with Gasteiger partial charge in [0.2, 0.25) is 0 Å². The highest BCUT2D eigenvalue weighted by Gasteiger charge is 2.36. The molecule has 1 aliphatic heterocycles. The van der Waals surface area contributed by atoms with Gasteiger partial charge in [0.05, 0.1) is 41.9 Å². The smallest absolute Gasteiger partial charge is 0.433 e. The Morgan fingerprint density at radius 2 is 1.86 bits per heavy atom. The number of thiazole rings is 1. The number of fused-ring (bicyclic) bond motifs is 1. The van der Waals surface area contributed by atoms with Gasteiger partial charge in [-0.05, 0) is 31.5 Å². The Kier molecular flexibility index (Phi) is 8.39. The zero-order valence-corrected chi connectivity index (χ0v) is 24.4. The molecule has 0 saturated heterocycles. The molecule has 14 nitrogen and oxygen atoms in total. The second-order valence-corrected chi connectivity index (χ2v) is 10.3. The molecular formula is C29H24N4O10S. The quantitative estimate of drug-likeness (QED) is 0.143. The first-order chi connectivity index (χ1) is 21.1. The maximum absolute atomic E-state index is 13.4. The number of benzene rings is 2. The van der Waals surface area contributed by atoms with Crippen LogP contribution in [0.5, 0.6) is 11.5 Å². The molecule has 0 fully saturated rings. The molecule has 0 N–H and O–H groups in total. The molecule has 0 saturated carbocycles. The van der Waals surface area contributed by atoms with E-state index in [-0.39, 0.29) is 62.3 Å². The Morgan fingerprint density at radius 3 is 2.50 bits per heavy atom. The van der Waals surface area contributed by atoms with Crippen molar-refractivity contribution in [1.29, 1.82) is 0 Å². The summed E-state index contributed by atoms with van der Waals surface area (Å²) in [5, 5.41) is 23.4. The summed E-state index contributed by atoms with van der Waals surface area (Å²) in [7, 11) is 1.38. The average molecular weight is 621 g/mol. The minimum atomic E-state index is -1.25. The third kappa shape index (κ3) is 5.72. The van der Waals surface area contributed by atoms with Crippen molar-refractivity contribution in [2.24, 2.45) is 4.99 Å². The molecule has 2 aromatic carbocycles. The standard InChI is InChI=1S/C29H24N4O10S/c1-4-41-28(35)25-16(2)31-27(34)23(12-18-10-11-24(43-18)33(38)39)44-29(31)30-26(25)19-13-21(40-3)22(14-20(19)32(36)37)42-15-17-8-6-5-7-9-17/h5-14,26H,4,15H2,1-3H3/b23-12+/t26-/m1/s1. The monoisotopic (exact) mass is 620 g/mol. The second-order valence-electron chi connectivity index (χ2n) is 9.31. The zero-order valence-electron chi connectivity index (χ0n) is 23.5. The van der Waals surface area contributed by atoms with E-state index < -0.39 is 33.3 Å². The predicted molar refractivity (Wildman–Crippen MR) is 157 cm³/mol. The van der Waals surface area contributed by atoms with Crippen LogP contribution in [0.4, 0.5) is 11.6 Å². The number of esters is 1. The number of furan rings is 1. The van der Waals surface area contributed by atoms with Crippen LogP contribution in [-0.4, -0.2) is 34.1 Å². The van der Waals surface area contributed by atoms with Crippen LogP contribution in [0.2, 0.25) is 0 Å². The summed E-state index contributed by atoms with van der Waals surface area (Å²) in [5.74, 6) is -0.977. The van der Waals surface area contributed by atoms with E-state index in [1.54, 1.807) is 6.92 Å². The van der Waals surface area contributed by atoms with E-state index in [1.807, 2.05) is 30.3 Å². The van der Waals surface area contributed by atoms with Gasteiger partial charge >= 0.3 is 11.9 Å². The number of rotatable bonds is 10. The van der Waals surface area contributed by atoms with Crippen molar-refractivity contribution >= 4 is 40.7 Å². The Morgan fingerprint density at radius 1 is 1.11 bits per heavy atom. The first-order valence-electron chi connectivity index (χ1n) is 13.1. The van der Waals surface area contributed by atoms with Gasteiger partial charge in [-0.1, -0.05) is 41.7 Å². The van der Waals surface area contributed by atoms with Gasteiger partial charge in [0.15, 0.2) is 16.3 Å². The number of ether oxygens (including phenoxy) is 3.